The zero-order chi connectivity index (χ0) is 18.6. The van der Waals surface area contributed by atoms with E-state index >= 15 is 0 Å². The Hall–Kier alpha value is -2.05. The van der Waals surface area contributed by atoms with Gasteiger partial charge in [0.15, 0.2) is 0 Å². The molecule has 3 aromatic carbocycles. The molecule has 4 heteroatoms. The molecule has 0 spiro atoms. The van der Waals surface area contributed by atoms with Gasteiger partial charge in [0.05, 0.1) is 6.61 Å². The van der Waals surface area contributed by atoms with Gasteiger partial charge in [-0.3, -0.25) is 0 Å². The standard InChI is InChI=1S/C23H22INO2/c24-21-11-20(27-16-18-9-5-2-6-10-18)12-22-23(21)19(15-26)14-25(22)13-17-7-3-1-4-8-17/h1-12,19,26H,13-16H2/t19-/m0/s1. The van der Waals surface area contributed by atoms with Gasteiger partial charge in [0.2, 0.25) is 0 Å². The Kier molecular flexibility index (Phi) is 5.64. The average molecular weight is 471 g/mol. The number of hydrogen-bond acceptors (Lipinski definition) is 3. The molecule has 1 heterocycles. The van der Waals surface area contributed by atoms with Gasteiger partial charge in [-0.2, -0.15) is 0 Å². The summed E-state index contributed by atoms with van der Waals surface area (Å²) in [5.41, 5.74) is 4.84. The van der Waals surface area contributed by atoms with Gasteiger partial charge < -0.3 is 14.7 Å². The molecule has 1 atom stereocenters. The highest BCUT2D eigenvalue weighted by molar-refractivity contribution is 14.1. The third-order valence-corrected chi connectivity index (χ3v) is 5.85. The van der Waals surface area contributed by atoms with E-state index in [4.69, 9.17) is 4.74 Å². The minimum absolute atomic E-state index is 0.152. The van der Waals surface area contributed by atoms with E-state index in [1.807, 2.05) is 24.3 Å². The monoisotopic (exact) mass is 471 g/mol. The zero-order valence-electron chi connectivity index (χ0n) is 15.0. The Bertz CT molecular complexity index is 899. The molecule has 0 saturated heterocycles. The van der Waals surface area contributed by atoms with Crippen molar-refractivity contribution in [2.45, 2.75) is 19.1 Å². The van der Waals surface area contributed by atoms with Gasteiger partial charge >= 0.3 is 0 Å². The molecular weight excluding hydrogens is 449 g/mol. The van der Waals surface area contributed by atoms with Crippen molar-refractivity contribution >= 4 is 28.3 Å². The number of benzene rings is 3. The lowest BCUT2D eigenvalue weighted by Crippen LogP contribution is -2.22. The molecule has 0 unspecified atom stereocenters. The lowest BCUT2D eigenvalue weighted by molar-refractivity contribution is 0.270. The van der Waals surface area contributed by atoms with Crippen LogP contribution in [-0.4, -0.2) is 18.3 Å². The molecular formula is C23H22INO2. The molecule has 1 aliphatic rings. The first kappa shape index (κ1) is 18.3. The molecule has 0 aliphatic carbocycles. The normalized spacial score (nSPS) is 15.6. The van der Waals surface area contributed by atoms with Gasteiger partial charge in [-0.15, -0.1) is 0 Å². The van der Waals surface area contributed by atoms with Crippen LogP contribution >= 0.6 is 22.6 Å². The van der Waals surface area contributed by atoms with Gasteiger partial charge in [0.1, 0.15) is 12.4 Å². The maximum Gasteiger partial charge on any atom is 0.122 e. The van der Waals surface area contributed by atoms with Crippen LogP contribution < -0.4 is 9.64 Å². The summed E-state index contributed by atoms with van der Waals surface area (Å²) in [4.78, 5) is 2.35. The third-order valence-electron chi connectivity index (χ3n) is 4.96. The number of rotatable bonds is 6. The number of anilines is 1. The molecule has 138 valence electrons. The van der Waals surface area contributed by atoms with Gasteiger partial charge in [0.25, 0.3) is 0 Å². The van der Waals surface area contributed by atoms with Gasteiger partial charge in [-0.25, -0.2) is 0 Å². The smallest absolute Gasteiger partial charge is 0.122 e. The Morgan fingerprint density at radius 3 is 2.30 bits per heavy atom. The van der Waals surface area contributed by atoms with Crippen LogP contribution in [0.1, 0.15) is 22.6 Å². The fourth-order valence-corrected chi connectivity index (χ4v) is 4.65. The predicted molar refractivity (Wildman–Crippen MR) is 117 cm³/mol. The molecule has 1 N–H and O–H groups in total. The van der Waals surface area contributed by atoms with Crippen LogP contribution in [0.3, 0.4) is 0 Å². The van der Waals surface area contributed by atoms with Crippen molar-refractivity contribution in [3.63, 3.8) is 0 Å². The number of hydrogen-bond donors (Lipinski definition) is 1. The first-order valence-corrected chi connectivity index (χ1v) is 10.2. The summed E-state index contributed by atoms with van der Waals surface area (Å²) < 4.78 is 7.23. The van der Waals surface area contributed by atoms with Crippen LogP contribution in [0, 0.1) is 3.57 Å². The largest absolute Gasteiger partial charge is 0.489 e. The van der Waals surface area contributed by atoms with E-state index in [2.05, 4.69) is 76.0 Å². The lowest BCUT2D eigenvalue weighted by atomic mass is 10.0. The van der Waals surface area contributed by atoms with Gasteiger partial charge in [-0.1, -0.05) is 60.7 Å². The first-order chi connectivity index (χ1) is 13.2. The fraction of sp³-hybridized carbons (Fsp3) is 0.217. The van der Waals surface area contributed by atoms with Gasteiger partial charge in [-0.05, 0) is 45.3 Å². The molecule has 0 fully saturated rings. The predicted octanol–water partition coefficient (Wildman–Crippen LogP) is 4.97. The minimum atomic E-state index is 0.152. The average Bonchev–Trinajstić information content (AvgIpc) is 3.06. The quantitative estimate of drug-likeness (QED) is 0.516. The Balaban J connectivity index is 1.60. The molecule has 4 rings (SSSR count). The number of aliphatic hydroxyl groups is 1. The van der Waals surface area contributed by atoms with Crippen molar-refractivity contribution in [3.8, 4) is 5.75 Å². The van der Waals surface area contributed by atoms with Crippen molar-refractivity contribution in [2.75, 3.05) is 18.1 Å². The Morgan fingerprint density at radius 2 is 1.63 bits per heavy atom. The zero-order valence-corrected chi connectivity index (χ0v) is 17.2. The highest BCUT2D eigenvalue weighted by Gasteiger charge is 2.31. The Labute approximate surface area is 173 Å². The maximum absolute atomic E-state index is 9.88. The van der Waals surface area contributed by atoms with Crippen molar-refractivity contribution in [1.29, 1.82) is 0 Å². The second kappa shape index (κ2) is 8.31. The fourth-order valence-electron chi connectivity index (χ4n) is 3.63. The lowest BCUT2D eigenvalue weighted by Gasteiger charge is -2.21. The number of nitrogens with zero attached hydrogens (tertiary/aromatic N) is 1. The number of fused-ring (bicyclic) bond motifs is 1. The minimum Gasteiger partial charge on any atom is -0.489 e. The summed E-state index contributed by atoms with van der Waals surface area (Å²) in [6.07, 6.45) is 0. The van der Waals surface area contributed by atoms with E-state index in [0.29, 0.717) is 6.61 Å². The van der Waals surface area contributed by atoms with Crippen molar-refractivity contribution in [2.24, 2.45) is 0 Å². The van der Waals surface area contributed by atoms with E-state index in [-0.39, 0.29) is 12.5 Å². The van der Waals surface area contributed by atoms with E-state index in [0.717, 1.165) is 28.0 Å². The van der Waals surface area contributed by atoms with Gasteiger partial charge in [0, 0.05) is 34.3 Å². The molecule has 0 saturated carbocycles. The van der Waals surface area contributed by atoms with E-state index in [1.165, 1.54) is 16.8 Å². The maximum atomic E-state index is 9.88. The molecule has 0 bridgehead atoms. The van der Waals surface area contributed by atoms with Crippen LogP contribution in [0.2, 0.25) is 0 Å². The molecule has 1 aliphatic heterocycles. The highest BCUT2D eigenvalue weighted by Crippen LogP contribution is 2.42. The van der Waals surface area contributed by atoms with Crippen molar-refractivity contribution < 1.29 is 9.84 Å². The summed E-state index contributed by atoms with van der Waals surface area (Å²) >= 11 is 2.37. The number of aliphatic hydroxyl groups excluding tert-OH is 1. The van der Waals surface area contributed by atoms with Crippen molar-refractivity contribution in [1.82, 2.24) is 0 Å². The summed E-state index contributed by atoms with van der Waals surface area (Å²) in [6.45, 7) is 2.39. The number of halogens is 1. The molecule has 3 aromatic rings. The SMILES string of the molecule is OC[C@@H]1CN(Cc2ccccc2)c2cc(OCc3ccccc3)cc(I)c21. The van der Waals surface area contributed by atoms with Crippen LogP contribution in [0.5, 0.6) is 5.75 Å². The van der Waals surface area contributed by atoms with Crippen molar-refractivity contribution in [3.05, 3.63) is 93.1 Å². The van der Waals surface area contributed by atoms with Crippen LogP contribution in [0.15, 0.2) is 72.8 Å². The topological polar surface area (TPSA) is 32.7 Å². The third kappa shape index (κ3) is 4.12. The van der Waals surface area contributed by atoms with Crippen LogP contribution in [-0.2, 0) is 13.2 Å². The molecule has 0 aromatic heterocycles. The Morgan fingerprint density at radius 1 is 0.963 bits per heavy atom. The van der Waals surface area contributed by atoms with Crippen LogP contribution in [0.25, 0.3) is 0 Å². The summed E-state index contributed by atoms with van der Waals surface area (Å²) in [7, 11) is 0. The molecule has 3 nitrogen and oxygen atoms in total. The summed E-state index contributed by atoms with van der Waals surface area (Å²) in [6, 6.07) is 24.9. The summed E-state index contributed by atoms with van der Waals surface area (Å²) in [5, 5.41) is 9.88. The first-order valence-electron chi connectivity index (χ1n) is 9.14. The number of ether oxygens (including phenoxy) is 1. The summed E-state index contributed by atoms with van der Waals surface area (Å²) in [5.74, 6) is 1.03. The van der Waals surface area contributed by atoms with E-state index in [1.54, 1.807) is 0 Å². The highest BCUT2D eigenvalue weighted by atomic mass is 127. The molecule has 0 amide bonds. The van der Waals surface area contributed by atoms with E-state index in [9.17, 15) is 5.11 Å². The molecule has 0 radical (unpaired) electrons. The second-order valence-electron chi connectivity index (χ2n) is 6.86. The van der Waals surface area contributed by atoms with Crippen LogP contribution in [0.4, 0.5) is 5.69 Å². The second-order valence-corrected chi connectivity index (χ2v) is 8.02. The van der Waals surface area contributed by atoms with E-state index < -0.39 is 0 Å². The molecule has 27 heavy (non-hydrogen) atoms.